The second kappa shape index (κ2) is 5.47. The minimum atomic E-state index is -0.196. The van der Waals surface area contributed by atoms with Gasteiger partial charge in [-0.25, -0.2) is 4.39 Å². The van der Waals surface area contributed by atoms with Gasteiger partial charge in [0.15, 0.2) is 0 Å². The first-order valence-electron chi connectivity index (χ1n) is 7.16. The Morgan fingerprint density at radius 1 is 1.32 bits per heavy atom. The van der Waals surface area contributed by atoms with E-state index in [4.69, 9.17) is 10.5 Å². The number of anilines is 1. The van der Waals surface area contributed by atoms with Crippen LogP contribution in [0.1, 0.15) is 31.2 Å². The van der Waals surface area contributed by atoms with Gasteiger partial charge in [-0.1, -0.05) is 18.9 Å². The molecule has 1 aromatic carbocycles. The molecule has 0 amide bonds. The SMILES string of the molecule is NCc1ccc(N2CCOC3CCCCC32)cc1F. The molecule has 4 heteroatoms. The quantitative estimate of drug-likeness (QED) is 0.891. The molecule has 19 heavy (non-hydrogen) atoms. The molecule has 104 valence electrons. The highest BCUT2D eigenvalue weighted by atomic mass is 19.1. The summed E-state index contributed by atoms with van der Waals surface area (Å²) in [6.45, 7) is 1.84. The fourth-order valence-corrected chi connectivity index (χ4v) is 3.30. The molecule has 1 aliphatic carbocycles. The molecule has 3 rings (SSSR count). The van der Waals surface area contributed by atoms with Crippen molar-refractivity contribution in [3.8, 4) is 0 Å². The van der Waals surface area contributed by atoms with E-state index in [1.54, 1.807) is 12.1 Å². The van der Waals surface area contributed by atoms with Crippen LogP contribution in [0.25, 0.3) is 0 Å². The molecule has 0 spiro atoms. The lowest BCUT2D eigenvalue weighted by Crippen LogP contribution is -2.52. The number of rotatable bonds is 2. The zero-order valence-corrected chi connectivity index (χ0v) is 11.1. The maximum Gasteiger partial charge on any atom is 0.129 e. The summed E-state index contributed by atoms with van der Waals surface area (Å²) in [6, 6.07) is 5.82. The zero-order chi connectivity index (χ0) is 13.2. The van der Waals surface area contributed by atoms with E-state index in [2.05, 4.69) is 4.90 Å². The predicted octanol–water partition coefficient (Wildman–Crippen LogP) is 2.43. The monoisotopic (exact) mass is 264 g/mol. The third kappa shape index (κ3) is 2.47. The zero-order valence-electron chi connectivity index (χ0n) is 11.1. The molecule has 3 nitrogen and oxygen atoms in total. The van der Waals surface area contributed by atoms with Gasteiger partial charge in [0, 0.05) is 24.3 Å². The Balaban J connectivity index is 1.85. The molecule has 2 N–H and O–H groups in total. The van der Waals surface area contributed by atoms with Crippen LogP contribution in [-0.2, 0) is 11.3 Å². The van der Waals surface area contributed by atoms with Crippen LogP contribution >= 0.6 is 0 Å². The summed E-state index contributed by atoms with van der Waals surface area (Å²) >= 11 is 0. The van der Waals surface area contributed by atoms with Crippen molar-refractivity contribution in [2.75, 3.05) is 18.1 Å². The van der Waals surface area contributed by atoms with Crippen LogP contribution in [0.4, 0.5) is 10.1 Å². The summed E-state index contributed by atoms with van der Waals surface area (Å²) in [4.78, 5) is 2.32. The van der Waals surface area contributed by atoms with Gasteiger partial charge in [0.25, 0.3) is 0 Å². The normalized spacial score (nSPS) is 27.2. The van der Waals surface area contributed by atoms with E-state index in [9.17, 15) is 4.39 Å². The van der Waals surface area contributed by atoms with Crippen LogP contribution in [0.2, 0.25) is 0 Å². The summed E-state index contributed by atoms with van der Waals surface area (Å²) in [5.41, 5.74) is 7.06. The second-order valence-electron chi connectivity index (χ2n) is 5.43. The maximum atomic E-state index is 13.9. The fraction of sp³-hybridized carbons (Fsp3) is 0.600. The molecule has 1 aromatic rings. The molecule has 2 unspecified atom stereocenters. The van der Waals surface area contributed by atoms with Gasteiger partial charge in [0.2, 0.25) is 0 Å². The molecular weight excluding hydrogens is 243 g/mol. The van der Waals surface area contributed by atoms with Gasteiger partial charge in [-0.15, -0.1) is 0 Å². The van der Waals surface area contributed by atoms with E-state index in [1.807, 2.05) is 6.07 Å². The third-order valence-corrected chi connectivity index (χ3v) is 4.32. The highest BCUT2D eigenvalue weighted by Crippen LogP contribution is 2.32. The molecule has 2 aliphatic rings. The predicted molar refractivity (Wildman–Crippen MR) is 73.6 cm³/mol. The van der Waals surface area contributed by atoms with Gasteiger partial charge < -0.3 is 15.4 Å². The van der Waals surface area contributed by atoms with Crippen molar-refractivity contribution in [2.45, 2.75) is 44.4 Å². The Morgan fingerprint density at radius 2 is 2.16 bits per heavy atom. The number of nitrogens with zero attached hydrogens (tertiary/aromatic N) is 1. The molecule has 2 fully saturated rings. The number of nitrogens with two attached hydrogens (primary N) is 1. The Bertz CT molecular complexity index is 450. The van der Waals surface area contributed by atoms with Crippen LogP contribution < -0.4 is 10.6 Å². The third-order valence-electron chi connectivity index (χ3n) is 4.32. The van der Waals surface area contributed by atoms with Crippen molar-refractivity contribution in [2.24, 2.45) is 5.73 Å². The average molecular weight is 264 g/mol. The van der Waals surface area contributed by atoms with Crippen molar-refractivity contribution >= 4 is 5.69 Å². The summed E-state index contributed by atoms with van der Waals surface area (Å²) < 4.78 is 19.7. The minimum absolute atomic E-state index is 0.196. The topological polar surface area (TPSA) is 38.5 Å². The van der Waals surface area contributed by atoms with E-state index >= 15 is 0 Å². The van der Waals surface area contributed by atoms with Crippen molar-refractivity contribution in [1.82, 2.24) is 0 Å². The summed E-state index contributed by atoms with van der Waals surface area (Å²) in [5, 5.41) is 0. The van der Waals surface area contributed by atoms with Gasteiger partial charge >= 0.3 is 0 Å². The molecule has 0 radical (unpaired) electrons. The standard InChI is InChI=1S/C15H21FN2O/c16-13-9-12(6-5-11(13)10-17)18-7-8-19-15-4-2-1-3-14(15)18/h5-6,9,14-15H,1-4,7-8,10,17H2. The number of halogens is 1. The molecule has 0 bridgehead atoms. The van der Waals surface area contributed by atoms with Crippen LogP contribution in [0.3, 0.4) is 0 Å². The van der Waals surface area contributed by atoms with Crippen molar-refractivity contribution in [3.63, 3.8) is 0 Å². The van der Waals surface area contributed by atoms with Gasteiger partial charge in [0.05, 0.1) is 18.8 Å². The van der Waals surface area contributed by atoms with Gasteiger partial charge in [-0.2, -0.15) is 0 Å². The number of benzene rings is 1. The molecule has 2 atom stereocenters. The lowest BCUT2D eigenvalue weighted by atomic mass is 9.89. The smallest absolute Gasteiger partial charge is 0.129 e. The van der Waals surface area contributed by atoms with Crippen LogP contribution in [-0.4, -0.2) is 25.3 Å². The van der Waals surface area contributed by atoms with Crippen LogP contribution in [0.5, 0.6) is 0 Å². The highest BCUT2D eigenvalue weighted by molar-refractivity contribution is 5.50. The Labute approximate surface area is 113 Å². The van der Waals surface area contributed by atoms with E-state index < -0.39 is 0 Å². The second-order valence-corrected chi connectivity index (χ2v) is 5.43. The van der Waals surface area contributed by atoms with Crippen molar-refractivity contribution < 1.29 is 9.13 Å². The number of ether oxygens (including phenoxy) is 1. The first-order valence-corrected chi connectivity index (χ1v) is 7.16. The van der Waals surface area contributed by atoms with Gasteiger partial charge in [0.1, 0.15) is 5.82 Å². The first kappa shape index (κ1) is 12.9. The van der Waals surface area contributed by atoms with Crippen molar-refractivity contribution in [1.29, 1.82) is 0 Å². The Morgan fingerprint density at radius 3 is 2.95 bits per heavy atom. The Hall–Kier alpha value is -1.13. The van der Waals surface area contributed by atoms with E-state index in [-0.39, 0.29) is 12.4 Å². The highest BCUT2D eigenvalue weighted by Gasteiger charge is 2.34. The number of hydrogen-bond donors (Lipinski definition) is 1. The molecule has 1 saturated carbocycles. The lowest BCUT2D eigenvalue weighted by molar-refractivity contribution is -0.00869. The van der Waals surface area contributed by atoms with Crippen LogP contribution in [0, 0.1) is 5.82 Å². The van der Waals surface area contributed by atoms with Gasteiger partial charge in [-0.3, -0.25) is 0 Å². The fourth-order valence-electron chi connectivity index (χ4n) is 3.30. The lowest BCUT2D eigenvalue weighted by Gasteiger charge is -2.45. The van der Waals surface area contributed by atoms with Crippen LogP contribution in [0.15, 0.2) is 18.2 Å². The molecule has 1 saturated heterocycles. The number of morpholine rings is 1. The average Bonchev–Trinajstić information content (AvgIpc) is 2.46. The first-order chi connectivity index (χ1) is 9.29. The van der Waals surface area contributed by atoms with Gasteiger partial charge in [-0.05, 0) is 25.0 Å². The van der Waals surface area contributed by atoms with E-state index in [0.29, 0.717) is 17.7 Å². The minimum Gasteiger partial charge on any atom is -0.374 e. The number of hydrogen-bond acceptors (Lipinski definition) is 3. The summed E-state index contributed by atoms with van der Waals surface area (Å²) in [6.07, 6.45) is 5.08. The molecule has 1 heterocycles. The Kier molecular flexibility index (Phi) is 3.71. The van der Waals surface area contributed by atoms with E-state index in [1.165, 1.54) is 12.8 Å². The molecule has 0 aromatic heterocycles. The summed E-state index contributed by atoms with van der Waals surface area (Å²) in [5.74, 6) is -0.196. The maximum absolute atomic E-state index is 13.9. The summed E-state index contributed by atoms with van der Waals surface area (Å²) in [7, 11) is 0. The number of fused-ring (bicyclic) bond motifs is 1. The van der Waals surface area contributed by atoms with E-state index in [0.717, 1.165) is 31.7 Å². The van der Waals surface area contributed by atoms with Crippen molar-refractivity contribution in [3.05, 3.63) is 29.6 Å². The molecular formula is C15H21FN2O. The molecule has 1 aliphatic heterocycles. The largest absolute Gasteiger partial charge is 0.374 e.